The number of hydrogen-bond donors (Lipinski definition) is 0. The summed E-state index contributed by atoms with van der Waals surface area (Å²) in [6.07, 6.45) is 2.03. The van der Waals surface area contributed by atoms with Crippen molar-refractivity contribution in [2.75, 3.05) is 11.9 Å². The fourth-order valence-electron chi connectivity index (χ4n) is 1.71. The Bertz CT molecular complexity index is 589. The lowest BCUT2D eigenvalue weighted by molar-refractivity contribution is 0.112. The van der Waals surface area contributed by atoms with Crippen molar-refractivity contribution in [2.24, 2.45) is 0 Å². The van der Waals surface area contributed by atoms with Crippen molar-refractivity contribution in [3.8, 4) is 0 Å². The molecule has 2 aromatic rings. The molecule has 1 aromatic carbocycles. The molecular weight excluding hydrogens is 330 g/mol. The van der Waals surface area contributed by atoms with Crippen LogP contribution in [0.4, 0.5) is 5.82 Å². The van der Waals surface area contributed by atoms with Crippen LogP contribution in [0.15, 0.2) is 35.1 Å². The van der Waals surface area contributed by atoms with Crippen LogP contribution >= 0.6 is 27.5 Å². The van der Waals surface area contributed by atoms with Gasteiger partial charge in [0, 0.05) is 18.1 Å². The van der Waals surface area contributed by atoms with Gasteiger partial charge in [-0.15, -0.1) is 0 Å². The summed E-state index contributed by atoms with van der Waals surface area (Å²) in [5.74, 6) is 0.526. The molecule has 0 radical (unpaired) electrons. The Morgan fingerprint density at radius 2 is 2.00 bits per heavy atom. The van der Waals surface area contributed by atoms with Crippen LogP contribution in [0.3, 0.4) is 0 Å². The molecule has 0 fully saturated rings. The van der Waals surface area contributed by atoms with Gasteiger partial charge in [-0.1, -0.05) is 39.7 Å². The Morgan fingerprint density at radius 1 is 1.32 bits per heavy atom. The lowest BCUT2D eigenvalue weighted by Gasteiger charge is -2.19. The molecule has 1 heterocycles. The number of nitrogens with zero attached hydrogens (tertiary/aromatic N) is 3. The van der Waals surface area contributed by atoms with E-state index in [4.69, 9.17) is 11.6 Å². The van der Waals surface area contributed by atoms with Crippen molar-refractivity contribution in [1.29, 1.82) is 0 Å². The van der Waals surface area contributed by atoms with Crippen LogP contribution in [-0.2, 0) is 6.54 Å². The Morgan fingerprint density at radius 3 is 2.63 bits per heavy atom. The number of anilines is 1. The van der Waals surface area contributed by atoms with E-state index in [2.05, 4.69) is 25.9 Å². The molecule has 0 aliphatic heterocycles. The summed E-state index contributed by atoms with van der Waals surface area (Å²) in [6, 6.07) is 7.95. The van der Waals surface area contributed by atoms with Gasteiger partial charge in [-0.2, -0.15) is 0 Å². The largest absolute Gasteiger partial charge is 0.355 e. The van der Waals surface area contributed by atoms with Crippen molar-refractivity contribution in [3.63, 3.8) is 0 Å². The van der Waals surface area contributed by atoms with E-state index in [0.717, 1.165) is 10.0 Å². The van der Waals surface area contributed by atoms with Gasteiger partial charge in [-0.05, 0) is 17.7 Å². The third-order valence-corrected chi connectivity index (χ3v) is 3.46. The van der Waals surface area contributed by atoms with Crippen LogP contribution in [0, 0.1) is 0 Å². The van der Waals surface area contributed by atoms with E-state index in [1.807, 2.05) is 36.2 Å². The van der Waals surface area contributed by atoms with E-state index in [1.54, 1.807) is 0 Å². The zero-order valence-corrected chi connectivity index (χ0v) is 12.5. The first kappa shape index (κ1) is 14.0. The molecule has 0 bridgehead atoms. The Kier molecular flexibility index (Phi) is 4.50. The smallest absolute Gasteiger partial charge is 0.156 e. The molecule has 4 nitrogen and oxygen atoms in total. The van der Waals surface area contributed by atoms with Crippen LogP contribution < -0.4 is 4.90 Å². The average molecular weight is 341 g/mol. The molecule has 19 heavy (non-hydrogen) atoms. The van der Waals surface area contributed by atoms with Crippen LogP contribution in [0.1, 0.15) is 15.9 Å². The minimum Gasteiger partial charge on any atom is -0.355 e. The first-order chi connectivity index (χ1) is 9.11. The fraction of sp³-hybridized carbons (Fsp3) is 0.154. The summed E-state index contributed by atoms with van der Waals surface area (Å²) < 4.78 is 1.03. The molecule has 0 saturated carbocycles. The molecule has 0 amide bonds. The molecule has 1 aromatic heterocycles. The zero-order valence-electron chi connectivity index (χ0n) is 10.2. The number of benzene rings is 1. The average Bonchev–Trinajstić information content (AvgIpc) is 2.41. The highest BCUT2D eigenvalue weighted by Crippen LogP contribution is 2.22. The van der Waals surface area contributed by atoms with E-state index in [0.29, 0.717) is 24.2 Å². The van der Waals surface area contributed by atoms with Crippen molar-refractivity contribution >= 4 is 39.6 Å². The maximum atomic E-state index is 11.1. The second kappa shape index (κ2) is 6.12. The predicted molar refractivity (Wildman–Crippen MR) is 78.7 cm³/mol. The second-order valence-electron chi connectivity index (χ2n) is 4.00. The number of carbonyl (C=O) groups is 1. The van der Waals surface area contributed by atoms with Crippen molar-refractivity contribution in [1.82, 2.24) is 9.97 Å². The summed E-state index contributed by atoms with van der Waals surface area (Å²) >= 11 is 9.27. The quantitative estimate of drug-likeness (QED) is 0.632. The molecule has 0 saturated heterocycles. The minimum absolute atomic E-state index is 0.169. The minimum atomic E-state index is 0.169. The summed E-state index contributed by atoms with van der Waals surface area (Å²) in [4.78, 5) is 20.8. The SMILES string of the molecule is CN(Cc1ccc(Br)cc1)c1ncnc(Cl)c1C=O. The number of carbonyl (C=O) groups excluding carboxylic acids is 1. The molecule has 2 rings (SSSR count). The van der Waals surface area contributed by atoms with Crippen molar-refractivity contribution in [3.05, 3.63) is 51.3 Å². The summed E-state index contributed by atoms with van der Waals surface area (Å²) in [5, 5.41) is 0.169. The second-order valence-corrected chi connectivity index (χ2v) is 5.28. The number of aldehydes is 1. The highest BCUT2D eigenvalue weighted by molar-refractivity contribution is 9.10. The van der Waals surface area contributed by atoms with Crippen LogP contribution in [0.5, 0.6) is 0 Å². The fourth-order valence-corrected chi connectivity index (χ4v) is 2.15. The number of halogens is 2. The molecule has 0 spiro atoms. The van der Waals surface area contributed by atoms with E-state index < -0.39 is 0 Å². The zero-order chi connectivity index (χ0) is 13.8. The number of rotatable bonds is 4. The summed E-state index contributed by atoms with van der Waals surface area (Å²) in [5.41, 5.74) is 1.42. The van der Waals surface area contributed by atoms with Gasteiger partial charge in [-0.3, -0.25) is 4.79 Å². The van der Waals surface area contributed by atoms with E-state index in [-0.39, 0.29) is 5.15 Å². The molecule has 0 N–H and O–H groups in total. The van der Waals surface area contributed by atoms with Gasteiger partial charge in [0.1, 0.15) is 17.3 Å². The molecule has 6 heteroatoms. The molecule has 98 valence electrons. The van der Waals surface area contributed by atoms with Crippen LogP contribution in [-0.4, -0.2) is 23.3 Å². The number of aromatic nitrogens is 2. The first-order valence-corrected chi connectivity index (χ1v) is 6.70. The van der Waals surface area contributed by atoms with E-state index >= 15 is 0 Å². The third-order valence-electron chi connectivity index (χ3n) is 2.63. The van der Waals surface area contributed by atoms with Gasteiger partial charge in [0.05, 0.1) is 5.56 Å². The normalized spacial score (nSPS) is 10.3. The van der Waals surface area contributed by atoms with Gasteiger partial charge < -0.3 is 4.90 Å². The highest BCUT2D eigenvalue weighted by Gasteiger charge is 2.13. The lowest BCUT2D eigenvalue weighted by atomic mass is 10.2. The predicted octanol–water partition coefficient (Wildman–Crippen LogP) is 3.34. The lowest BCUT2D eigenvalue weighted by Crippen LogP contribution is -2.19. The standard InChI is InChI=1S/C13H11BrClN3O/c1-18(6-9-2-4-10(14)5-3-9)13-11(7-19)12(15)16-8-17-13/h2-5,7-8H,6H2,1H3. The molecule has 0 atom stereocenters. The van der Waals surface area contributed by atoms with Crippen LogP contribution in [0.2, 0.25) is 5.15 Å². The van der Waals surface area contributed by atoms with Gasteiger partial charge in [-0.25, -0.2) is 9.97 Å². The molecule has 0 aliphatic carbocycles. The van der Waals surface area contributed by atoms with Gasteiger partial charge in [0.15, 0.2) is 6.29 Å². The van der Waals surface area contributed by atoms with Crippen molar-refractivity contribution < 1.29 is 4.79 Å². The Hall–Kier alpha value is -1.46. The van der Waals surface area contributed by atoms with Gasteiger partial charge in [0.25, 0.3) is 0 Å². The van der Waals surface area contributed by atoms with E-state index in [9.17, 15) is 4.79 Å². The maximum absolute atomic E-state index is 11.1. The van der Waals surface area contributed by atoms with Crippen molar-refractivity contribution in [2.45, 2.75) is 6.54 Å². The molecule has 0 aliphatic rings. The molecular formula is C13H11BrClN3O. The highest BCUT2D eigenvalue weighted by atomic mass is 79.9. The van der Waals surface area contributed by atoms with Crippen LogP contribution in [0.25, 0.3) is 0 Å². The van der Waals surface area contributed by atoms with E-state index in [1.165, 1.54) is 6.33 Å². The Balaban J connectivity index is 2.25. The Labute approximate surface area is 124 Å². The first-order valence-electron chi connectivity index (χ1n) is 5.53. The maximum Gasteiger partial charge on any atom is 0.156 e. The number of hydrogen-bond acceptors (Lipinski definition) is 4. The third kappa shape index (κ3) is 3.30. The van der Waals surface area contributed by atoms with Gasteiger partial charge in [0.2, 0.25) is 0 Å². The summed E-state index contributed by atoms with van der Waals surface area (Å²) in [7, 11) is 1.85. The molecule has 0 unspecified atom stereocenters. The monoisotopic (exact) mass is 339 g/mol. The van der Waals surface area contributed by atoms with Gasteiger partial charge >= 0.3 is 0 Å². The summed E-state index contributed by atoms with van der Waals surface area (Å²) in [6.45, 7) is 0.626. The topological polar surface area (TPSA) is 46.1 Å².